The predicted octanol–water partition coefficient (Wildman–Crippen LogP) is 1.21. The molecule has 4 nitrogen and oxygen atoms in total. The third kappa shape index (κ3) is 1.42. The first-order valence-electron chi connectivity index (χ1n) is 5.49. The average Bonchev–Trinajstić information content (AvgIpc) is 2.66. The number of nitrogens with zero attached hydrogens (tertiary/aromatic N) is 3. The molecule has 0 aromatic carbocycles. The maximum absolute atomic E-state index is 4.51. The highest BCUT2D eigenvalue weighted by atomic mass is 15.3. The van der Waals surface area contributed by atoms with Gasteiger partial charge in [-0.1, -0.05) is 6.08 Å². The Labute approximate surface area is 94.0 Å². The molecular weight excluding hydrogens is 200 g/mol. The van der Waals surface area contributed by atoms with Crippen LogP contribution >= 0.6 is 0 Å². The lowest BCUT2D eigenvalue weighted by molar-refractivity contribution is 0.733. The summed E-state index contributed by atoms with van der Waals surface area (Å²) in [7, 11) is 0. The first kappa shape index (κ1) is 9.54. The van der Waals surface area contributed by atoms with Crippen molar-refractivity contribution in [2.45, 2.75) is 13.3 Å². The van der Waals surface area contributed by atoms with E-state index in [9.17, 15) is 0 Å². The summed E-state index contributed by atoms with van der Waals surface area (Å²) in [4.78, 5) is 4.51. The Kier molecular flexibility index (Phi) is 2.22. The van der Waals surface area contributed by atoms with E-state index in [4.69, 9.17) is 0 Å². The van der Waals surface area contributed by atoms with Crippen LogP contribution in [-0.4, -0.2) is 27.7 Å². The zero-order valence-electron chi connectivity index (χ0n) is 9.20. The summed E-state index contributed by atoms with van der Waals surface area (Å²) in [5.41, 5.74) is 4.40. The van der Waals surface area contributed by atoms with Crippen molar-refractivity contribution in [3.8, 4) is 0 Å². The molecule has 3 heterocycles. The van der Waals surface area contributed by atoms with Crippen LogP contribution in [0.5, 0.6) is 0 Å². The van der Waals surface area contributed by atoms with Crippen molar-refractivity contribution >= 4 is 11.2 Å². The van der Waals surface area contributed by atoms with Gasteiger partial charge in [0, 0.05) is 6.54 Å². The molecule has 1 N–H and O–H groups in total. The van der Waals surface area contributed by atoms with Crippen LogP contribution in [0.4, 0.5) is 0 Å². The molecule has 0 fully saturated rings. The minimum atomic E-state index is 0.894. The van der Waals surface area contributed by atoms with Gasteiger partial charge in [-0.2, -0.15) is 5.10 Å². The molecule has 16 heavy (non-hydrogen) atoms. The van der Waals surface area contributed by atoms with E-state index in [-0.39, 0.29) is 0 Å². The number of nitrogens with one attached hydrogen (secondary N) is 1. The van der Waals surface area contributed by atoms with Gasteiger partial charge < -0.3 is 5.32 Å². The SMILES string of the molecule is Cc1nc2cc[c]nn2c1C1=CCNCC1. The summed E-state index contributed by atoms with van der Waals surface area (Å²) in [6.45, 7) is 3.99. The van der Waals surface area contributed by atoms with E-state index >= 15 is 0 Å². The number of hydrogen-bond donors (Lipinski definition) is 1. The molecule has 1 aliphatic heterocycles. The molecule has 3 rings (SSSR count). The Morgan fingerprint density at radius 2 is 2.44 bits per heavy atom. The molecule has 0 unspecified atom stereocenters. The van der Waals surface area contributed by atoms with Gasteiger partial charge in [-0.3, -0.25) is 0 Å². The van der Waals surface area contributed by atoms with E-state index < -0.39 is 0 Å². The number of aromatic nitrogens is 3. The smallest absolute Gasteiger partial charge is 0.154 e. The normalized spacial score (nSPS) is 16.4. The van der Waals surface area contributed by atoms with Crippen molar-refractivity contribution in [3.63, 3.8) is 0 Å². The molecule has 2 aromatic heterocycles. The van der Waals surface area contributed by atoms with Gasteiger partial charge in [-0.05, 0) is 37.6 Å². The monoisotopic (exact) mass is 213 g/mol. The Morgan fingerprint density at radius 3 is 3.25 bits per heavy atom. The second kappa shape index (κ2) is 3.72. The van der Waals surface area contributed by atoms with Gasteiger partial charge in [0.15, 0.2) is 5.65 Å². The van der Waals surface area contributed by atoms with Crippen molar-refractivity contribution < 1.29 is 0 Å². The number of rotatable bonds is 1. The van der Waals surface area contributed by atoms with Crippen molar-refractivity contribution in [2.75, 3.05) is 13.1 Å². The predicted molar refractivity (Wildman–Crippen MR) is 62.0 cm³/mol. The average molecular weight is 213 g/mol. The lowest BCUT2D eigenvalue weighted by Crippen LogP contribution is -2.20. The number of hydrogen-bond acceptors (Lipinski definition) is 3. The Morgan fingerprint density at radius 1 is 1.50 bits per heavy atom. The third-order valence-corrected chi connectivity index (χ3v) is 2.89. The van der Waals surface area contributed by atoms with E-state index in [1.807, 2.05) is 17.5 Å². The number of fused-ring (bicyclic) bond motifs is 1. The minimum absolute atomic E-state index is 0.894. The first-order valence-corrected chi connectivity index (χ1v) is 5.49. The maximum atomic E-state index is 4.51. The van der Waals surface area contributed by atoms with Crippen molar-refractivity contribution in [1.82, 2.24) is 19.9 Å². The fraction of sp³-hybridized carbons (Fsp3) is 0.333. The molecule has 0 bridgehead atoms. The molecule has 81 valence electrons. The highest BCUT2D eigenvalue weighted by Gasteiger charge is 2.15. The fourth-order valence-corrected chi connectivity index (χ4v) is 2.16. The molecule has 1 radical (unpaired) electrons. The van der Waals surface area contributed by atoms with Crippen molar-refractivity contribution in [1.29, 1.82) is 0 Å². The second-order valence-electron chi connectivity index (χ2n) is 3.96. The Hall–Kier alpha value is -1.68. The van der Waals surface area contributed by atoms with Crippen LogP contribution in [0.2, 0.25) is 0 Å². The van der Waals surface area contributed by atoms with Crippen LogP contribution in [-0.2, 0) is 0 Å². The standard InChI is InChI=1S/C12H13N4/c1-9-12(10-4-7-13-8-5-10)16-11(15-9)3-2-6-14-16/h2-4,13H,5,7-8H2,1H3. The van der Waals surface area contributed by atoms with Crippen LogP contribution < -0.4 is 5.32 Å². The van der Waals surface area contributed by atoms with Crippen LogP contribution in [0.1, 0.15) is 17.8 Å². The van der Waals surface area contributed by atoms with Crippen LogP contribution in [0.15, 0.2) is 18.2 Å². The van der Waals surface area contributed by atoms with E-state index in [0.29, 0.717) is 0 Å². The van der Waals surface area contributed by atoms with Gasteiger partial charge in [-0.25, -0.2) is 9.50 Å². The fourth-order valence-electron chi connectivity index (χ4n) is 2.16. The molecule has 0 amide bonds. The van der Waals surface area contributed by atoms with Crippen LogP contribution in [0.25, 0.3) is 11.2 Å². The summed E-state index contributed by atoms with van der Waals surface area (Å²) in [6.07, 6.45) is 6.11. The Bertz CT molecular complexity index is 553. The van der Waals surface area contributed by atoms with E-state index in [1.165, 1.54) is 5.57 Å². The van der Waals surface area contributed by atoms with Crippen molar-refractivity contribution in [2.24, 2.45) is 0 Å². The number of aryl methyl sites for hydroxylation is 1. The highest BCUT2D eigenvalue weighted by Crippen LogP contribution is 2.23. The third-order valence-electron chi connectivity index (χ3n) is 2.89. The quantitative estimate of drug-likeness (QED) is 0.774. The van der Waals surface area contributed by atoms with Gasteiger partial charge >= 0.3 is 0 Å². The lowest BCUT2D eigenvalue weighted by Gasteiger charge is -2.13. The highest BCUT2D eigenvalue weighted by molar-refractivity contribution is 5.68. The second-order valence-corrected chi connectivity index (χ2v) is 3.96. The molecular formula is C12H13N4. The zero-order valence-corrected chi connectivity index (χ0v) is 9.20. The molecule has 4 heteroatoms. The van der Waals surface area contributed by atoms with Gasteiger partial charge in [0.1, 0.15) is 6.20 Å². The van der Waals surface area contributed by atoms with Crippen molar-refractivity contribution in [3.05, 3.63) is 35.8 Å². The summed E-state index contributed by atoms with van der Waals surface area (Å²) < 4.78 is 1.88. The van der Waals surface area contributed by atoms with Crippen LogP contribution in [0.3, 0.4) is 0 Å². The van der Waals surface area contributed by atoms with Crippen LogP contribution in [0, 0.1) is 13.1 Å². The summed E-state index contributed by atoms with van der Waals surface area (Å²) in [5, 5.41) is 7.56. The van der Waals surface area contributed by atoms with E-state index in [1.54, 1.807) is 6.07 Å². The van der Waals surface area contributed by atoms with Gasteiger partial charge in [0.25, 0.3) is 0 Å². The molecule has 2 aromatic rings. The molecule has 0 saturated carbocycles. The number of imidazole rings is 1. The Balaban J connectivity index is 2.21. The molecule has 0 atom stereocenters. The lowest BCUT2D eigenvalue weighted by atomic mass is 10.0. The summed E-state index contributed by atoms with van der Waals surface area (Å²) in [6, 6.07) is 3.73. The molecule has 0 aliphatic carbocycles. The van der Waals surface area contributed by atoms with Gasteiger partial charge in [0.05, 0.1) is 11.4 Å². The van der Waals surface area contributed by atoms with E-state index in [0.717, 1.165) is 36.5 Å². The first-order chi connectivity index (χ1) is 7.86. The molecule has 0 saturated heterocycles. The summed E-state index contributed by atoms with van der Waals surface area (Å²) >= 11 is 0. The van der Waals surface area contributed by atoms with Gasteiger partial charge in [-0.15, -0.1) is 0 Å². The molecule has 0 spiro atoms. The topological polar surface area (TPSA) is 42.2 Å². The molecule has 1 aliphatic rings. The largest absolute Gasteiger partial charge is 0.313 e. The van der Waals surface area contributed by atoms with Gasteiger partial charge in [0.2, 0.25) is 0 Å². The zero-order chi connectivity index (χ0) is 11.0. The maximum Gasteiger partial charge on any atom is 0.154 e. The minimum Gasteiger partial charge on any atom is -0.313 e. The summed E-state index contributed by atoms with van der Waals surface area (Å²) in [5.74, 6) is 0. The van der Waals surface area contributed by atoms with E-state index in [2.05, 4.69) is 27.7 Å².